The van der Waals surface area contributed by atoms with Gasteiger partial charge in [0.05, 0.1) is 16.6 Å². The lowest BCUT2D eigenvalue weighted by Gasteiger charge is -2.09. The van der Waals surface area contributed by atoms with E-state index in [1.807, 2.05) is 48.0 Å². The Hall–Kier alpha value is -4.16. The van der Waals surface area contributed by atoms with E-state index in [0.29, 0.717) is 5.82 Å². The molecule has 0 fully saturated rings. The van der Waals surface area contributed by atoms with Crippen molar-refractivity contribution in [2.75, 3.05) is 0 Å². The van der Waals surface area contributed by atoms with Crippen LogP contribution in [0.5, 0.6) is 0 Å². The molecule has 0 bridgehead atoms. The number of rotatable bonds is 2. The average molecular weight is 430 g/mol. The Labute approximate surface area is 186 Å². The Bertz CT molecular complexity index is 1780. The van der Waals surface area contributed by atoms with Gasteiger partial charge in [-0.25, -0.2) is 9.97 Å². The Balaban J connectivity index is 1.65. The number of benzene rings is 2. The summed E-state index contributed by atoms with van der Waals surface area (Å²) in [6.07, 6.45) is 7.20. The van der Waals surface area contributed by atoms with Crippen LogP contribution in [0.3, 0.4) is 0 Å². The second-order valence-corrected chi connectivity index (χ2v) is 8.70. The molecule has 0 N–H and O–H groups in total. The number of pyridine rings is 2. The zero-order valence-electron chi connectivity index (χ0n) is 16.8. The van der Waals surface area contributed by atoms with Crippen molar-refractivity contribution in [3.05, 3.63) is 91.5 Å². The molecule has 0 aliphatic heterocycles. The molecule has 6 heteroatoms. The SMILES string of the molecule is c1cncc(-c2nccc(-n3c4cccnc4c4ccc5sc6ccccc6c5c43)n2)c1. The van der Waals surface area contributed by atoms with Gasteiger partial charge in [-0.3, -0.25) is 14.5 Å². The summed E-state index contributed by atoms with van der Waals surface area (Å²) in [5.74, 6) is 1.46. The van der Waals surface area contributed by atoms with Crippen LogP contribution in [0.2, 0.25) is 0 Å². The first-order valence-corrected chi connectivity index (χ1v) is 11.1. The van der Waals surface area contributed by atoms with Gasteiger partial charge in [0, 0.05) is 55.9 Å². The van der Waals surface area contributed by atoms with Gasteiger partial charge in [-0.15, -0.1) is 11.3 Å². The minimum absolute atomic E-state index is 0.650. The lowest BCUT2D eigenvalue weighted by Crippen LogP contribution is -2.00. The fourth-order valence-corrected chi connectivity index (χ4v) is 5.58. The van der Waals surface area contributed by atoms with E-state index < -0.39 is 0 Å². The van der Waals surface area contributed by atoms with Crippen molar-refractivity contribution in [1.82, 2.24) is 24.5 Å². The van der Waals surface area contributed by atoms with Gasteiger partial charge < -0.3 is 0 Å². The van der Waals surface area contributed by atoms with E-state index >= 15 is 0 Å². The smallest absolute Gasteiger partial charge is 0.163 e. The molecule has 7 aromatic rings. The maximum atomic E-state index is 4.94. The van der Waals surface area contributed by atoms with E-state index in [-0.39, 0.29) is 0 Å². The second kappa shape index (κ2) is 6.67. The summed E-state index contributed by atoms with van der Waals surface area (Å²) in [6.45, 7) is 0. The van der Waals surface area contributed by atoms with Crippen LogP contribution in [0.1, 0.15) is 0 Å². The molecule has 0 aliphatic carbocycles. The summed E-state index contributed by atoms with van der Waals surface area (Å²) in [5.41, 5.74) is 4.02. The maximum absolute atomic E-state index is 4.94. The van der Waals surface area contributed by atoms with Crippen molar-refractivity contribution in [3.63, 3.8) is 0 Å². The molecule has 150 valence electrons. The van der Waals surface area contributed by atoms with Crippen LogP contribution in [0.25, 0.3) is 59.3 Å². The lowest BCUT2D eigenvalue weighted by atomic mass is 10.1. The van der Waals surface area contributed by atoms with Gasteiger partial charge in [0.25, 0.3) is 0 Å². The normalized spacial score (nSPS) is 11.8. The van der Waals surface area contributed by atoms with E-state index in [1.165, 1.54) is 20.2 Å². The van der Waals surface area contributed by atoms with Gasteiger partial charge in [-0.05, 0) is 48.5 Å². The molecule has 0 aliphatic rings. The zero-order chi connectivity index (χ0) is 21.1. The van der Waals surface area contributed by atoms with Crippen molar-refractivity contribution in [3.8, 4) is 17.2 Å². The minimum atomic E-state index is 0.650. The fraction of sp³-hybridized carbons (Fsp3) is 0. The first-order valence-electron chi connectivity index (χ1n) is 10.3. The molecule has 0 unspecified atom stereocenters. The molecule has 0 saturated carbocycles. The topological polar surface area (TPSA) is 56.5 Å². The first-order chi connectivity index (χ1) is 15.9. The Morgan fingerprint density at radius 3 is 2.59 bits per heavy atom. The van der Waals surface area contributed by atoms with Crippen molar-refractivity contribution < 1.29 is 0 Å². The molecule has 5 heterocycles. The standard InChI is InChI=1S/C26H15N5S/c1-2-8-20-17(6-1)23-21(32-20)10-9-18-24-19(7-4-13-28-24)31(25(18)23)22-11-14-29-26(30-22)16-5-3-12-27-15-16/h1-15H. The third-order valence-corrected chi connectivity index (χ3v) is 6.95. The summed E-state index contributed by atoms with van der Waals surface area (Å²) in [4.78, 5) is 18.4. The third kappa shape index (κ3) is 2.44. The number of hydrogen-bond acceptors (Lipinski definition) is 5. The van der Waals surface area contributed by atoms with Crippen LogP contribution in [0, 0.1) is 0 Å². The average Bonchev–Trinajstić information content (AvgIpc) is 3.40. The van der Waals surface area contributed by atoms with Crippen LogP contribution in [0.15, 0.2) is 91.5 Å². The van der Waals surface area contributed by atoms with Crippen molar-refractivity contribution in [2.45, 2.75) is 0 Å². The lowest BCUT2D eigenvalue weighted by molar-refractivity contribution is 1.04. The monoisotopic (exact) mass is 429 g/mol. The van der Waals surface area contributed by atoms with Gasteiger partial charge in [-0.2, -0.15) is 0 Å². The largest absolute Gasteiger partial charge is 0.291 e. The van der Waals surface area contributed by atoms with E-state index in [9.17, 15) is 0 Å². The molecule has 7 rings (SSSR count). The van der Waals surface area contributed by atoms with Crippen LogP contribution < -0.4 is 0 Å². The first kappa shape index (κ1) is 17.5. The molecule has 0 radical (unpaired) electrons. The molecule has 0 amide bonds. The quantitative estimate of drug-likeness (QED) is 0.319. The highest BCUT2D eigenvalue weighted by Gasteiger charge is 2.19. The summed E-state index contributed by atoms with van der Waals surface area (Å²) in [5, 5.41) is 3.62. The molecular weight excluding hydrogens is 414 g/mol. The van der Waals surface area contributed by atoms with Crippen LogP contribution >= 0.6 is 11.3 Å². The molecular formula is C26H15N5S. The summed E-state index contributed by atoms with van der Waals surface area (Å²) in [7, 11) is 0. The van der Waals surface area contributed by atoms with Crippen LogP contribution in [-0.4, -0.2) is 24.5 Å². The zero-order valence-corrected chi connectivity index (χ0v) is 17.6. The number of nitrogens with zero attached hydrogens (tertiary/aromatic N) is 5. The van der Waals surface area contributed by atoms with Crippen LogP contribution in [-0.2, 0) is 0 Å². The highest BCUT2D eigenvalue weighted by Crippen LogP contribution is 2.42. The molecule has 5 aromatic heterocycles. The predicted octanol–water partition coefficient (Wildman–Crippen LogP) is 6.40. The summed E-state index contributed by atoms with van der Waals surface area (Å²) in [6, 6.07) is 22.9. The predicted molar refractivity (Wildman–Crippen MR) is 130 cm³/mol. The van der Waals surface area contributed by atoms with Crippen LogP contribution in [0.4, 0.5) is 0 Å². The maximum Gasteiger partial charge on any atom is 0.163 e. The highest BCUT2D eigenvalue weighted by molar-refractivity contribution is 7.26. The van der Waals surface area contributed by atoms with Gasteiger partial charge in [0.15, 0.2) is 5.82 Å². The Kier molecular flexibility index (Phi) is 3.65. The number of thiophene rings is 1. The number of hydrogen-bond donors (Lipinski definition) is 0. The molecule has 0 atom stereocenters. The second-order valence-electron chi connectivity index (χ2n) is 7.62. The van der Waals surface area contributed by atoms with E-state index in [1.54, 1.807) is 12.4 Å². The Morgan fingerprint density at radius 2 is 1.66 bits per heavy atom. The Morgan fingerprint density at radius 1 is 0.719 bits per heavy atom. The van der Waals surface area contributed by atoms with E-state index in [4.69, 9.17) is 9.97 Å². The molecule has 2 aromatic carbocycles. The summed E-state index contributed by atoms with van der Waals surface area (Å²) < 4.78 is 4.75. The minimum Gasteiger partial charge on any atom is -0.291 e. The summed E-state index contributed by atoms with van der Waals surface area (Å²) >= 11 is 1.82. The molecule has 5 nitrogen and oxygen atoms in total. The highest BCUT2D eigenvalue weighted by atomic mass is 32.1. The fourth-order valence-electron chi connectivity index (χ4n) is 4.47. The third-order valence-electron chi connectivity index (χ3n) is 5.81. The van der Waals surface area contributed by atoms with Gasteiger partial charge in [-0.1, -0.05) is 18.2 Å². The van der Waals surface area contributed by atoms with Crippen molar-refractivity contribution >= 4 is 53.4 Å². The molecule has 0 saturated heterocycles. The number of fused-ring (bicyclic) bond motifs is 7. The number of aromatic nitrogens is 5. The van der Waals surface area contributed by atoms with E-state index in [2.05, 4.69) is 57.0 Å². The molecule has 0 spiro atoms. The van der Waals surface area contributed by atoms with E-state index in [0.717, 1.165) is 33.3 Å². The van der Waals surface area contributed by atoms with Crippen molar-refractivity contribution in [2.24, 2.45) is 0 Å². The van der Waals surface area contributed by atoms with Crippen molar-refractivity contribution in [1.29, 1.82) is 0 Å². The molecule has 32 heavy (non-hydrogen) atoms. The van der Waals surface area contributed by atoms with Gasteiger partial charge in [0.2, 0.25) is 0 Å². The van der Waals surface area contributed by atoms with Gasteiger partial charge >= 0.3 is 0 Å². The van der Waals surface area contributed by atoms with Gasteiger partial charge in [0.1, 0.15) is 5.82 Å².